The fourth-order valence-electron chi connectivity index (χ4n) is 2.17. The molecule has 4 N–H and O–H groups in total. The summed E-state index contributed by atoms with van der Waals surface area (Å²) in [4.78, 5) is 1.97. The molecule has 0 aromatic heterocycles. The van der Waals surface area contributed by atoms with E-state index in [1.165, 1.54) is 6.07 Å². The fraction of sp³-hybridized carbons (Fsp3) is 0.538. The first-order valence-corrected chi connectivity index (χ1v) is 7.83. The van der Waals surface area contributed by atoms with Gasteiger partial charge in [-0.1, -0.05) is 19.9 Å². The number of hydrogen-bond acceptors (Lipinski definition) is 4. The highest BCUT2D eigenvalue weighted by Gasteiger charge is 2.19. The molecule has 0 amide bonds. The van der Waals surface area contributed by atoms with Crippen molar-refractivity contribution in [1.29, 1.82) is 0 Å². The topological polar surface area (TPSA) is 89.4 Å². The fourth-order valence-corrected chi connectivity index (χ4v) is 2.85. The van der Waals surface area contributed by atoms with E-state index in [2.05, 4.69) is 20.8 Å². The first-order chi connectivity index (χ1) is 8.64. The average molecular weight is 285 g/mol. The molecule has 0 saturated carbocycles. The molecule has 1 atom stereocenters. The number of sulfonamides is 1. The Morgan fingerprint density at radius 3 is 2.32 bits per heavy atom. The number of para-hydroxylation sites is 1. The van der Waals surface area contributed by atoms with E-state index in [1.807, 2.05) is 11.9 Å². The Bertz CT molecular complexity index is 541. The summed E-state index contributed by atoms with van der Waals surface area (Å²) in [6.45, 7) is 6.38. The van der Waals surface area contributed by atoms with Crippen molar-refractivity contribution < 1.29 is 8.42 Å². The maximum atomic E-state index is 11.5. The molecule has 0 saturated heterocycles. The van der Waals surface area contributed by atoms with Gasteiger partial charge in [0.15, 0.2) is 0 Å². The van der Waals surface area contributed by atoms with Crippen LogP contribution in [0.4, 0.5) is 11.4 Å². The molecule has 0 heterocycles. The zero-order chi connectivity index (χ0) is 14.8. The molecule has 19 heavy (non-hydrogen) atoms. The summed E-state index contributed by atoms with van der Waals surface area (Å²) in [6, 6.07) is 5.15. The third-order valence-corrected chi connectivity index (χ3v) is 4.17. The normalized spacial score (nSPS) is 13.6. The number of nitrogens with zero attached hydrogens (tertiary/aromatic N) is 1. The second-order valence-corrected chi connectivity index (χ2v) is 6.85. The molecule has 0 aliphatic carbocycles. The van der Waals surface area contributed by atoms with Gasteiger partial charge in [-0.3, -0.25) is 0 Å². The molecular formula is C13H23N3O2S. The van der Waals surface area contributed by atoms with Gasteiger partial charge in [-0.05, 0) is 31.4 Å². The van der Waals surface area contributed by atoms with Gasteiger partial charge < -0.3 is 10.6 Å². The van der Waals surface area contributed by atoms with Gasteiger partial charge in [0.2, 0.25) is 10.0 Å². The number of hydrogen-bond donors (Lipinski definition) is 2. The van der Waals surface area contributed by atoms with Crippen molar-refractivity contribution in [3.8, 4) is 0 Å². The Labute approximate surface area is 115 Å². The maximum absolute atomic E-state index is 11.5. The zero-order valence-corrected chi connectivity index (χ0v) is 12.7. The summed E-state index contributed by atoms with van der Waals surface area (Å²) in [5.41, 5.74) is 6.84. The lowest BCUT2D eigenvalue weighted by Gasteiger charge is -2.29. The molecule has 0 spiro atoms. The van der Waals surface area contributed by atoms with Gasteiger partial charge in [0.25, 0.3) is 0 Å². The van der Waals surface area contributed by atoms with Crippen molar-refractivity contribution in [2.24, 2.45) is 11.1 Å². The quantitative estimate of drug-likeness (QED) is 0.807. The van der Waals surface area contributed by atoms with Crippen molar-refractivity contribution in [1.82, 2.24) is 0 Å². The van der Waals surface area contributed by atoms with E-state index in [4.69, 9.17) is 10.9 Å². The highest BCUT2D eigenvalue weighted by molar-refractivity contribution is 7.89. The summed E-state index contributed by atoms with van der Waals surface area (Å²) in [5.74, 6) is 0.556. The van der Waals surface area contributed by atoms with E-state index in [0.717, 1.165) is 6.42 Å². The first kappa shape index (κ1) is 15.8. The van der Waals surface area contributed by atoms with Crippen LogP contribution in [-0.2, 0) is 10.0 Å². The standard InChI is InChI=1S/C13H23N3O2S/c1-9(2)8-10(3)16(4)11-6-5-7-12(13(11)14)19(15,17)18/h5-7,9-10H,8,14H2,1-4H3,(H2,15,17,18). The van der Waals surface area contributed by atoms with Crippen LogP contribution in [0, 0.1) is 5.92 Å². The molecule has 1 unspecified atom stereocenters. The Hall–Kier alpha value is -1.27. The molecular weight excluding hydrogens is 262 g/mol. The number of primary sulfonamides is 1. The van der Waals surface area contributed by atoms with Crippen LogP contribution in [0.1, 0.15) is 27.2 Å². The van der Waals surface area contributed by atoms with Crippen molar-refractivity contribution in [2.45, 2.75) is 38.1 Å². The third-order valence-electron chi connectivity index (χ3n) is 3.20. The summed E-state index contributed by atoms with van der Waals surface area (Å²) in [6.07, 6.45) is 0.996. The Morgan fingerprint density at radius 1 is 1.26 bits per heavy atom. The molecule has 1 aromatic carbocycles. The molecule has 1 aromatic rings. The van der Waals surface area contributed by atoms with Gasteiger partial charge in [0.05, 0.1) is 11.4 Å². The summed E-state index contributed by atoms with van der Waals surface area (Å²) >= 11 is 0. The molecule has 1 rings (SSSR count). The van der Waals surface area contributed by atoms with Gasteiger partial charge in [-0.15, -0.1) is 0 Å². The van der Waals surface area contributed by atoms with Gasteiger partial charge in [0, 0.05) is 13.1 Å². The van der Waals surface area contributed by atoms with Crippen molar-refractivity contribution in [3.05, 3.63) is 18.2 Å². The smallest absolute Gasteiger partial charge is 0.240 e. The number of rotatable bonds is 5. The molecule has 6 heteroatoms. The number of nitrogens with two attached hydrogens (primary N) is 2. The maximum Gasteiger partial charge on any atom is 0.240 e. The largest absolute Gasteiger partial charge is 0.396 e. The van der Waals surface area contributed by atoms with Crippen molar-refractivity contribution in [3.63, 3.8) is 0 Å². The number of benzene rings is 1. The summed E-state index contributed by atoms with van der Waals surface area (Å²) in [7, 11) is -1.88. The predicted molar refractivity (Wildman–Crippen MR) is 79.5 cm³/mol. The van der Waals surface area contributed by atoms with E-state index >= 15 is 0 Å². The Morgan fingerprint density at radius 2 is 1.84 bits per heavy atom. The van der Waals surface area contributed by atoms with Gasteiger partial charge in [0.1, 0.15) is 4.90 Å². The van der Waals surface area contributed by atoms with Crippen LogP contribution in [0.3, 0.4) is 0 Å². The van der Waals surface area contributed by atoms with E-state index in [-0.39, 0.29) is 16.6 Å². The SMILES string of the molecule is CC(C)CC(C)N(C)c1cccc(S(N)(=O)=O)c1N. The number of anilines is 2. The van der Waals surface area contributed by atoms with E-state index in [0.29, 0.717) is 11.6 Å². The molecule has 108 valence electrons. The molecule has 0 aliphatic heterocycles. The minimum Gasteiger partial charge on any atom is -0.396 e. The number of nitrogen functional groups attached to an aromatic ring is 1. The van der Waals surface area contributed by atoms with Crippen LogP contribution < -0.4 is 15.8 Å². The molecule has 0 bridgehead atoms. The minimum atomic E-state index is -3.79. The lowest BCUT2D eigenvalue weighted by atomic mass is 10.0. The second-order valence-electron chi connectivity index (χ2n) is 5.32. The molecule has 5 nitrogen and oxygen atoms in total. The highest BCUT2D eigenvalue weighted by atomic mass is 32.2. The van der Waals surface area contributed by atoms with Crippen LogP contribution >= 0.6 is 0 Å². The van der Waals surface area contributed by atoms with Crippen LogP contribution in [0.2, 0.25) is 0 Å². The van der Waals surface area contributed by atoms with Crippen LogP contribution in [-0.4, -0.2) is 21.5 Å². The molecule has 0 aliphatic rings. The summed E-state index contributed by atoms with van der Waals surface area (Å²) < 4.78 is 22.9. The Kier molecular flexibility index (Phi) is 4.81. The monoisotopic (exact) mass is 285 g/mol. The average Bonchev–Trinajstić information content (AvgIpc) is 2.25. The van der Waals surface area contributed by atoms with Gasteiger partial charge in [-0.2, -0.15) is 0 Å². The first-order valence-electron chi connectivity index (χ1n) is 6.28. The van der Waals surface area contributed by atoms with Crippen LogP contribution in [0.25, 0.3) is 0 Å². The predicted octanol–water partition coefficient (Wildman–Crippen LogP) is 1.79. The minimum absolute atomic E-state index is 0.0198. The Balaban J connectivity index is 3.15. The van der Waals surface area contributed by atoms with Gasteiger partial charge >= 0.3 is 0 Å². The highest BCUT2D eigenvalue weighted by Crippen LogP contribution is 2.30. The van der Waals surface area contributed by atoms with Crippen LogP contribution in [0.15, 0.2) is 23.1 Å². The van der Waals surface area contributed by atoms with Crippen molar-refractivity contribution in [2.75, 3.05) is 17.7 Å². The molecule has 0 fully saturated rings. The zero-order valence-electron chi connectivity index (χ0n) is 11.9. The van der Waals surface area contributed by atoms with Crippen LogP contribution in [0.5, 0.6) is 0 Å². The lowest BCUT2D eigenvalue weighted by Crippen LogP contribution is -2.31. The second kappa shape index (κ2) is 5.79. The lowest BCUT2D eigenvalue weighted by molar-refractivity contribution is 0.504. The summed E-state index contributed by atoms with van der Waals surface area (Å²) in [5, 5.41) is 5.16. The van der Waals surface area contributed by atoms with Gasteiger partial charge in [-0.25, -0.2) is 13.6 Å². The van der Waals surface area contributed by atoms with E-state index < -0.39 is 10.0 Å². The molecule has 0 radical (unpaired) electrons. The van der Waals surface area contributed by atoms with E-state index in [9.17, 15) is 8.42 Å². The third kappa shape index (κ3) is 3.84. The van der Waals surface area contributed by atoms with E-state index in [1.54, 1.807) is 12.1 Å². The van der Waals surface area contributed by atoms with Crippen molar-refractivity contribution >= 4 is 21.4 Å².